The van der Waals surface area contributed by atoms with Crippen molar-refractivity contribution in [2.45, 2.75) is 65.3 Å². The number of carbonyl (C=O) groups is 2. The summed E-state index contributed by atoms with van der Waals surface area (Å²) in [4.78, 5) is 23.9. The SMILES string of the molecule is CCC1CC(C(=O)O)C(C(=O)NC2CC(C)CC(C)C2)C1. The molecule has 0 radical (unpaired) electrons. The minimum absolute atomic E-state index is 0.0235. The summed E-state index contributed by atoms with van der Waals surface area (Å²) < 4.78 is 0. The number of carboxylic acid groups (broad SMARTS) is 1. The molecule has 0 aromatic heterocycles. The molecule has 2 rings (SSSR count). The van der Waals surface area contributed by atoms with Crippen LogP contribution in [0.15, 0.2) is 0 Å². The average Bonchev–Trinajstić information content (AvgIpc) is 2.81. The van der Waals surface area contributed by atoms with Gasteiger partial charge in [-0.3, -0.25) is 9.59 Å². The second-order valence-corrected chi connectivity index (χ2v) is 7.42. The molecule has 0 aliphatic heterocycles. The highest BCUT2D eigenvalue weighted by atomic mass is 16.4. The van der Waals surface area contributed by atoms with Crippen molar-refractivity contribution < 1.29 is 14.7 Å². The van der Waals surface area contributed by atoms with Crippen LogP contribution in [0.25, 0.3) is 0 Å². The summed E-state index contributed by atoms with van der Waals surface area (Å²) >= 11 is 0. The minimum atomic E-state index is -0.809. The van der Waals surface area contributed by atoms with Crippen molar-refractivity contribution in [2.24, 2.45) is 29.6 Å². The van der Waals surface area contributed by atoms with E-state index in [2.05, 4.69) is 26.1 Å². The van der Waals surface area contributed by atoms with Gasteiger partial charge in [-0.2, -0.15) is 0 Å². The third-order valence-electron chi connectivity index (χ3n) is 5.42. The maximum Gasteiger partial charge on any atom is 0.307 e. The Bertz CT molecular complexity index is 385. The standard InChI is InChI=1S/C17H29NO3/c1-4-12-8-14(15(9-12)17(20)21)16(19)18-13-6-10(2)5-11(3)7-13/h10-15H,4-9H2,1-3H3,(H,18,19)(H,20,21). The molecule has 5 unspecified atom stereocenters. The largest absolute Gasteiger partial charge is 0.481 e. The smallest absolute Gasteiger partial charge is 0.307 e. The van der Waals surface area contributed by atoms with Crippen LogP contribution < -0.4 is 5.32 Å². The zero-order chi connectivity index (χ0) is 15.6. The van der Waals surface area contributed by atoms with Crippen LogP contribution >= 0.6 is 0 Å². The molecule has 1 amide bonds. The first-order valence-corrected chi connectivity index (χ1v) is 8.43. The molecule has 120 valence electrons. The molecule has 21 heavy (non-hydrogen) atoms. The van der Waals surface area contributed by atoms with Crippen LogP contribution in [0.2, 0.25) is 0 Å². The first-order chi connectivity index (χ1) is 9.90. The normalized spacial score (nSPS) is 40.0. The van der Waals surface area contributed by atoms with E-state index in [4.69, 9.17) is 0 Å². The Hall–Kier alpha value is -1.06. The van der Waals surface area contributed by atoms with Crippen LogP contribution in [0.4, 0.5) is 0 Å². The van der Waals surface area contributed by atoms with Gasteiger partial charge in [-0.25, -0.2) is 0 Å². The molecule has 0 spiro atoms. The van der Waals surface area contributed by atoms with E-state index in [1.54, 1.807) is 0 Å². The molecular weight excluding hydrogens is 266 g/mol. The van der Waals surface area contributed by atoms with Gasteiger partial charge in [-0.05, 0) is 49.9 Å². The lowest BCUT2D eigenvalue weighted by molar-refractivity contribution is -0.146. The number of hydrogen-bond acceptors (Lipinski definition) is 2. The van der Waals surface area contributed by atoms with Gasteiger partial charge in [-0.1, -0.05) is 27.2 Å². The molecule has 5 atom stereocenters. The molecule has 4 heteroatoms. The minimum Gasteiger partial charge on any atom is -0.481 e. The van der Waals surface area contributed by atoms with E-state index < -0.39 is 11.9 Å². The molecule has 0 aromatic rings. The average molecular weight is 295 g/mol. The highest BCUT2D eigenvalue weighted by Crippen LogP contribution is 2.39. The maximum absolute atomic E-state index is 12.5. The maximum atomic E-state index is 12.5. The van der Waals surface area contributed by atoms with Gasteiger partial charge in [0.2, 0.25) is 5.91 Å². The van der Waals surface area contributed by atoms with Gasteiger partial charge in [0.05, 0.1) is 11.8 Å². The van der Waals surface area contributed by atoms with E-state index in [1.165, 1.54) is 6.42 Å². The number of carbonyl (C=O) groups excluding carboxylic acids is 1. The van der Waals surface area contributed by atoms with Crippen molar-refractivity contribution in [1.82, 2.24) is 5.32 Å². The van der Waals surface area contributed by atoms with Gasteiger partial charge in [0, 0.05) is 6.04 Å². The van der Waals surface area contributed by atoms with E-state index in [1.807, 2.05) is 0 Å². The van der Waals surface area contributed by atoms with E-state index in [0.29, 0.717) is 24.2 Å². The van der Waals surface area contributed by atoms with Crippen LogP contribution in [0, 0.1) is 29.6 Å². The van der Waals surface area contributed by atoms with Gasteiger partial charge in [0.25, 0.3) is 0 Å². The Labute approximate surface area is 127 Å². The topological polar surface area (TPSA) is 66.4 Å². The Morgan fingerprint density at radius 2 is 1.57 bits per heavy atom. The number of nitrogens with one attached hydrogen (secondary N) is 1. The van der Waals surface area contributed by atoms with Crippen LogP contribution in [-0.4, -0.2) is 23.0 Å². The summed E-state index contributed by atoms with van der Waals surface area (Å²) in [5.41, 5.74) is 0. The quantitative estimate of drug-likeness (QED) is 0.837. The van der Waals surface area contributed by atoms with Crippen molar-refractivity contribution in [1.29, 1.82) is 0 Å². The molecule has 2 aliphatic carbocycles. The van der Waals surface area contributed by atoms with Crippen LogP contribution in [0.5, 0.6) is 0 Å². The number of rotatable bonds is 4. The van der Waals surface area contributed by atoms with Gasteiger partial charge in [0.1, 0.15) is 0 Å². The fourth-order valence-corrected chi connectivity index (χ4v) is 4.41. The fourth-order valence-electron chi connectivity index (χ4n) is 4.41. The van der Waals surface area contributed by atoms with Crippen LogP contribution in [0.1, 0.15) is 59.3 Å². The molecule has 0 heterocycles. The van der Waals surface area contributed by atoms with E-state index in [-0.39, 0.29) is 17.9 Å². The Morgan fingerprint density at radius 3 is 2.10 bits per heavy atom. The summed E-state index contributed by atoms with van der Waals surface area (Å²) in [6, 6.07) is 0.228. The number of carboxylic acids is 1. The molecule has 0 bridgehead atoms. The molecule has 2 N–H and O–H groups in total. The zero-order valence-electron chi connectivity index (χ0n) is 13.5. The lowest BCUT2D eigenvalue weighted by Gasteiger charge is -2.33. The predicted molar refractivity (Wildman–Crippen MR) is 81.7 cm³/mol. The Morgan fingerprint density at radius 1 is 1.00 bits per heavy atom. The van der Waals surface area contributed by atoms with Gasteiger partial charge in [0.15, 0.2) is 0 Å². The van der Waals surface area contributed by atoms with Crippen molar-refractivity contribution in [3.63, 3.8) is 0 Å². The molecule has 2 aliphatic rings. The summed E-state index contributed by atoms with van der Waals surface area (Å²) in [6.07, 6.45) is 5.63. The van der Waals surface area contributed by atoms with E-state index in [9.17, 15) is 14.7 Å². The fraction of sp³-hybridized carbons (Fsp3) is 0.882. The third kappa shape index (κ3) is 3.98. The Kier molecular flexibility index (Phi) is 5.28. The third-order valence-corrected chi connectivity index (χ3v) is 5.42. The lowest BCUT2D eigenvalue weighted by atomic mass is 9.80. The van der Waals surface area contributed by atoms with Gasteiger partial charge >= 0.3 is 5.97 Å². The monoisotopic (exact) mass is 295 g/mol. The molecule has 2 fully saturated rings. The first-order valence-electron chi connectivity index (χ1n) is 8.43. The number of amides is 1. The van der Waals surface area contributed by atoms with E-state index in [0.717, 1.165) is 25.7 Å². The molecular formula is C17H29NO3. The number of hydrogen-bond donors (Lipinski definition) is 2. The van der Waals surface area contributed by atoms with Gasteiger partial charge in [-0.15, -0.1) is 0 Å². The highest BCUT2D eigenvalue weighted by Gasteiger charge is 2.42. The molecule has 4 nitrogen and oxygen atoms in total. The second-order valence-electron chi connectivity index (χ2n) is 7.42. The van der Waals surface area contributed by atoms with Crippen LogP contribution in [0.3, 0.4) is 0 Å². The van der Waals surface area contributed by atoms with Crippen LogP contribution in [-0.2, 0) is 9.59 Å². The van der Waals surface area contributed by atoms with Crippen molar-refractivity contribution in [2.75, 3.05) is 0 Å². The number of aliphatic carboxylic acids is 1. The zero-order valence-corrected chi connectivity index (χ0v) is 13.5. The Balaban J connectivity index is 1.96. The molecule has 0 aromatic carbocycles. The van der Waals surface area contributed by atoms with Crippen molar-refractivity contribution in [3.05, 3.63) is 0 Å². The van der Waals surface area contributed by atoms with Crippen molar-refractivity contribution in [3.8, 4) is 0 Å². The molecule has 2 saturated carbocycles. The highest BCUT2D eigenvalue weighted by molar-refractivity contribution is 5.85. The second kappa shape index (κ2) is 6.80. The first kappa shape index (κ1) is 16.3. The lowest BCUT2D eigenvalue weighted by Crippen LogP contribution is -2.44. The summed E-state index contributed by atoms with van der Waals surface area (Å²) in [5, 5.41) is 12.5. The molecule has 0 saturated heterocycles. The predicted octanol–water partition coefficient (Wildman–Crippen LogP) is 3.06. The van der Waals surface area contributed by atoms with E-state index >= 15 is 0 Å². The summed E-state index contributed by atoms with van der Waals surface area (Å²) in [6.45, 7) is 6.55. The van der Waals surface area contributed by atoms with Crippen molar-refractivity contribution >= 4 is 11.9 Å². The summed E-state index contributed by atoms with van der Waals surface area (Å²) in [5.74, 6) is 0.00291. The summed E-state index contributed by atoms with van der Waals surface area (Å²) in [7, 11) is 0. The van der Waals surface area contributed by atoms with Gasteiger partial charge < -0.3 is 10.4 Å².